The molecule has 3 unspecified atom stereocenters. The lowest BCUT2D eigenvalue weighted by Crippen LogP contribution is -2.44. The van der Waals surface area contributed by atoms with Crippen molar-refractivity contribution >= 4 is 5.69 Å². The van der Waals surface area contributed by atoms with E-state index in [2.05, 4.69) is 31.0 Å². The highest BCUT2D eigenvalue weighted by Crippen LogP contribution is 2.28. The largest absolute Gasteiger partial charge is 0.379 e. The predicted molar refractivity (Wildman–Crippen MR) is 85.3 cm³/mol. The standard InChI is InChI=1S/C17H27FN2O/c1-5-19-13(3)14-6-7-16(15(18)10-14)20-9-8-12(2)17(11-20)21-4/h6-7,10,12-13,17,19H,5,8-9,11H2,1-4H3. The Labute approximate surface area is 127 Å². The van der Waals surface area contributed by atoms with E-state index in [1.807, 2.05) is 12.1 Å². The first-order chi connectivity index (χ1) is 10.1. The fourth-order valence-corrected chi connectivity index (χ4v) is 3.03. The van der Waals surface area contributed by atoms with Crippen LogP contribution in [0.2, 0.25) is 0 Å². The average Bonchev–Trinajstić information content (AvgIpc) is 2.48. The summed E-state index contributed by atoms with van der Waals surface area (Å²) in [6.45, 7) is 8.84. The third kappa shape index (κ3) is 3.74. The second-order valence-corrected chi connectivity index (χ2v) is 5.98. The number of hydrogen-bond acceptors (Lipinski definition) is 3. The van der Waals surface area contributed by atoms with Crippen molar-refractivity contribution in [3.05, 3.63) is 29.6 Å². The van der Waals surface area contributed by atoms with Crippen molar-refractivity contribution in [3.63, 3.8) is 0 Å². The number of hydrogen-bond donors (Lipinski definition) is 1. The summed E-state index contributed by atoms with van der Waals surface area (Å²) in [5, 5.41) is 3.31. The molecule has 1 aliphatic rings. The van der Waals surface area contributed by atoms with Gasteiger partial charge in [-0.05, 0) is 43.5 Å². The van der Waals surface area contributed by atoms with Crippen LogP contribution in [0.25, 0.3) is 0 Å². The molecule has 0 spiro atoms. The molecule has 1 aromatic carbocycles. The molecule has 1 aromatic rings. The van der Waals surface area contributed by atoms with Crippen LogP contribution < -0.4 is 10.2 Å². The van der Waals surface area contributed by atoms with Crippen LogP contribution in [-0.2, 0) is 4.74 Å². The van der Waals surface area contributed by atoms with Crippen LogP contribution in [-0.4, -0.2) is 32.8 Å². The van der Waals surface area contributed by atoms with Crippen LogP contribution in [0.15, 0.2) is 18.2 Å². The van der Waals surface area contributed by atoms with Crippen LogP contribution >= 0.6 is 0 Å². The van der Waals surface area contributed by atoms with Gasteiger partial charge in [0.1, 0.15) is 5.82 Å². The highest BCUT2D eigenvalue weighted by Gasteiger charge is 2.27. The molecule has 0 bridgehead atoms. The van der Waals surface area contributed by atoms with Gasteiger partial charge < -0.3 is 15.0 Å². The van der Waals surface area contributed by atoms with Crippen molar-refractivity contribution in [1.82, 2.24) is 5.32 Å². The minimum Gasteiger partial charge on any atom is -0.379 e. The van der Waals surface area contributed by atoms with Gasteiger partial charge in [0.2, 0.25) is 0 Å². The summed E-state index contributed by atoms with van der Waals surface area (Å²) in [6.07, 6.45) is 1.21. The molecule has 3 nitrogen and oxygen atoms in total. The van der Waals surface area contributed by atoms with Gasteiger partial charge >= 0.3 is 0 Å². The van der Waals surface area contributed by atoms with Crippen LogP contribution in [0.4, 0.5) is 10.1 Å². The number of piperidine rings is 1. The van der Waals surface area contributed by atoms with Crippen LogP contribution in [0.3, 0.4) is 0 Å². The zero-order valence-electron chi connectivity index (χ0n) is 13.5. The lowest BCUT2D eigenvalue weighted by atomic mass is 9.95. The molecular weight excluding hydrogens is 267 g/mol. The first-order valence-electron chi connectivity index (χ1n) is 7.87. The highest BCUT2D eigenvalue weighted by molar-refractivity contribution is 5.50. The van der Waals surface area contributed by atoms with E-state index in [4.69, 9.17) is 4.74 Å². The van der Waals surface area contributed by atoms with Crippen molar-refractivity contribution in [3.8, 4) is 0 Å². The van der Waals surface area contributed by atoms with Crippen molar-refractivity contribution in [2.75, 3.05) is 31.6 Å². The molecule has 1 saturated heterocycles. The predicted octanol–water partition coefficient (Wildman–Crippen LogP) is 3.36. The number of methoxy groups -OCH3 is 1. The van der Waals surface area contributed by atoms with E-state index in [0.29, 0.717) is 11.6 Å². The summed E-state index contributed by atoms with van der Waals surface area (Å²) in [6, 6.07) is 5.75. The zero-order valence-corrected chi connectivity index (χ0v) is 13.5. The Kier molecular flexibility index (Phi) is 5.59. The Morgan fingerprint density at radius 2 is 2.24 bits per heavy atom. The zero-order chi connectivity index (χ0) is 15.4. The lowest BCUT2D eigenvalue weighted by molar-refractivity contribution is 0.0497. The average molecular weight is 294 g/mol. The third-order valence-electron chi connectivity index (χ3n) is 4.51. The van der Waals surface area contributed by atoms with Crippen molar-refractivity contribution in [1.29, 1.82) is 0 Å². The molecule has 1 N–H and O–H groups in total. The molecule has 118 valence electrons. The van der Waals surface area contributed by atoms with E-state index >= 15 is 0 Å². The SMILES string of the molecule is CCNC(C)c1ccc(N2CCC(C)C(OC)C2)c(F)c1. The Hall–Kier alpha value is -1.13. The van der Waals surface area contributed by atoms with E-state index in [0.717, 1.165) is 31.6 Å². The van der Waals surface area contributed by atoms with Gasteiger partial charge in [0.25, 0.3) is 0 Å². The van der Waals surface area contributed by atoms with E-state index in [1.54, 1.807) is 13.2 Å². The van der Waals surface area contributed by atoms with Gasteiger partial charge in [0, 0.05) is 26.2 Å². The Bertz CT molecular complexity index is 466. The molecule has 0 aromatic heterocycles. The molecule has 0 aliphatic carbocycles. The van der Waals surface area contributed by atoms with Crippen LogP contribution in [0.1, 0.15) is 38.8 Å². The minimum atomic E-state index is -0.137. The van der Waals surface area contributed by atoms with Gasteiger partial charge in [-0.1, -0.05) is 19.9 Å². The maximum atomic E-state index is 14.5. The number of benzene rings is 1. The summed E-state index contributed by atoms with van der Waals surface area (Å²) in [5.74, 6) is 0.393. The highest BCUT2D eigenvalue weighted by atomic mass is 19.1. The molecular formula is C17H27FN2O. The third-order valence-corrected chi connectivity index (χ3v) is 4.51. The maximum Gasteiger partial charge on any atom is 0.146 e. The molecule has 0 radical (unpaired) electrons. The molecule has 1 aliphatic heterocycles. The molecule has 3 atom stereocenters. The first-order valence-corrected chi connectivity index (χ1v) is 7.87. The molecule has 1 fully saturated rings. The molecule has 2 rings (SSSR count). The van der Waals surface area contributed by atoms with E-state index in [1.165, 1.54) is 0 Å². The topological polar surface area (TPSA) is 24.5 Å². The quantitative estimate of drug-likeness (QED) is 0.901. The van der Waals surface area contributed by atoms with Crippen molar-refractivity contribution in [2.45, 2.75) is 39.3 Å². The summed E-state index contributed by atoms with van der Waals surface area (Å²) in [5.41, 5.74) is 1.68. The van der Waals surface area contributed by atoms with Gasteiger partial charge in [-0.15, -0.1) is 0 Å². The van der Waals surface area contributed by atoms with Gasteiger partial charge in [0.05, 0.1) is 11.8 Å². The summed E-state index contributed by atoms with van der Waals surface area (Å²) < 4.78 is 20.0. The van der Waals surface area contributed by atoms with Crippen molar-refractivity contribution < 1.29 is 9.13 Å². The Balaban J connectivity index is 2.13. The van der Waals surface area contributed by atoms with Gasteiger partial charge in [-0.3, -0.25) is 0 Å². The van der Waals surface area contributed by atoms with Crippen LogP contribution in [0.5, 0.6) is 0 Å². The monoisotopic (exact) mass is 294 g/mol. The Morgan fingerprint density at radius 3 is 2.86 bits per heavy atom. The number of anilines is 1. The molecule has 0 saturated carbocycles. The lowest BCUT2D eigenvalue weighted by Gasteiger charge is -2.37. The molecule has 0 amide bonds. The first kappa shape index (κ1) is 16.2. The van der Waals surface area contributed by atoms with Crippen LogP contribution in [0, 0.1) is 11.7 Å². The second-order valence-electron chi connectivity index (χ2n) is 5.98. The number of rotatable bonds is 5. The molecule has 4 heteroatoms. The number of nitrogens with zero attached hydrogens (tertiary/aromatic N) is 1. The second kappa shape index (κ2) is 7.23. The summed E-state index contributed by atoms with van der Waals surface area (Å²) in [7, 11) is 1.74. The smallest absolute Gasteiger partial charge is 0.146 e. The summed E-state index contributed by atoms with van der Waals surface area (Å²) in [4.78, 5) is 2.10. The minimum absolute atomic E-state index is 0.137. The fourth-order valence-electron chi connectivity index (χ4n) is 3.03. The number of nitrogens with one attached hydrogen (secondary N) is 1. The van der Waals surface area contributed by atoms with E-state index in [-0.39, 0.29) is 18.0 Å². The molecule has 1 heterocycles. The molecule has 21 heavy (non-hydrogen) atoms. The normalized spacial score (nSPS) is 24.1. The van der Waals surface area contributed by atoms with Gasteiger partial charge in [-0.2, -0.15) is 0 Å². The van der Waals surface area contributed by atoms with Gasteiger partial charge in [0.15, 0.2) is 0 Å². The summed E-state index contributed by atoms with van der Waals surface area (Å²) >= 11 is 0. The van der Waals surface area contributed by atoms with Crippen molar-refractivity contribution in [2.24, 2.45) is 5.92 Å². The van der Waals surface area contributed by atoms with E-state index < -0.39 is 0 Å². The van der Waals surface area contributed by atoms with E-state index in [9.17, 15) is 4.39 Å². The maximum absolute atomic E-state index is 14.5. The fraction of sp³-hybridized carbons (Fsp3) is 0.647. The number of halogens is 1. The Morgan fingerprint density at radius 1 is 1.48 bits per heavy atom. The number of ether oxygens (including phenoxy) is 1. The van der Waals surface area contributed by atoms with Gasteiger partial charge in [-0.25, -0.2) is 4.39 Å².